The Morgan fingerprint density at radius 1 is 0.875 bits per heavy atom. The van der Waals surface area contributed by atoms with E-state index >= 15 is 0 Å². The van der Waals surface area contributed by atoms with Gasteiger partial charge in [0.05, 0.1) is 26.4 Å². The molecule has 0 bridgehead atoms. The first kappa shape index (κ1) is 23.6. The van der Waals surface area contributed by atoms with Crippen LogP contribution in [0.4, 0.5) is 0 Å². The topological polar surface area (TPSA) is 68.8 Å². The van der Waals surface area contributed by atoms with E-state index in [1.807, 2.05) is 0 Å². The largest absolute Gasteiger partial charge is 0.379 e. The van der Waals surface area contributed by atoms with Gasteiger partial charge in [-0.1, -0.05) is 26.7 Å². The van der Waals surface area contributed by atoms with E-state index in [1.54, 1.807) is 0 Å². The molecular weight excluding hydrogens is 332 g/mol. The molecule has 0 heterocycles. The minimum Gasteiger partial charge on any atom is -0.379 e. The van der Waals surface area contributed by atoms with Crippen LogP contribution in [0.1, 0.15) is 39.5 Å². The van der Waals surface area contributed by atoms with Crippen molar-refractivity contribution >= 4 is 17.5 Å². The molecule has 2 N–H and O–H groups in total. The molecule has 0 fully saturated rings. The van der Waals surface area contributed by atoms with Crippen LogP contribution in [-0.4, -0.2) is 70.6 Å². The summed E-state index contributed by atoms with van der Waals surface area (Å²) >= 11 is 5.61. The van der Waals surface area contributed by atoms with E-state index in [0.717, 1.165) is 38.3 Å². The van der Waals surface area contributed by atoms with E-state index in [1.165, 1.54) is 6.42 Å². The van der Waals surface area contributed by atoms with Crippen molar-refractivity contribution in [2.24, 2.45) is 0 Å². The number of carbonyl (C=O) groups excluding carboxylic acids is 1. The van der Waals surface area contributed by atoms with Crippen molar-refractivity contribution in [1.29, 1.82) is 0 Å². The molecule has 144 valence electrons. The smallest absolute Gasteiger partial charge is 0.246 e. The monoisotopic (exact) mass is 366 g/mol. The van der Waals surface area contributed by atoms with Gasteiger partial charge < -0.3 is 24.8 Å². The highest BCUT2D eigenvalue weighted by Gasteiger charge is 2.00. The van der Waals surface area contributed by atoms with Crippen molar-refractivity contribution in [1.82, 2.24) is 10.6 Å². The molecule has 0 saturated heterocycles. The summed E-state index contributed by atoms with van der Waals surface area (Å²) in [6.07, 6.45) is 4.48. The van der Waals surface area contributed by atoms with Gasteiger partial charge in [-0.25, -0.2) is 0 Å². The summed E-state index contributed by atoms with van der Waals surface area (Å²) in [5.74, 6) is 0.628. The Hall–Kier alpha value is -0.400. The maximum Gasteiger partial charge on any atom is 0.246 e. The first-order valence-corrected chi connectivity index (χ1v) is 9.49. The third kappa shape index (κ3) is 19.6. The summed E-state index contributed by atoms with van der Waals surface area (Å²) < 4.78 is 16.1. The van der Waals surface area contributed by atoms with Gasteiger partial charge >= 0.3 is 0 Å². The molecule has 0 aromatic heterocycles. The molecule has 0 saturated carbocycles. The number of ether oxygens (including phenoxy) is 3. The van der Waals surface area contributed by atoms with Gasteiger partial charge in [0, 0.05) is 31.6 Å². The lowest BCUT2D eigenvalue weighted by molar-refractivity contribution is -0.125. The molecular formula is C17H35ClN2O4. The van der Waals surface area contributed by atoms with Crippen molar-refractivity contribution in [2.75, 3.05) is 58.6 Å². The van der Waals surface area contributed by atoms with Gasteiger partial charge in [0.25, 0.3) is 0 Å². The number of hydrogen-bond acceptors (Lipinski definition) is 5. The SMILES string of the molecule is CC(C)NCCOCC(=O)NCCOCCOCCCCCCCl. The lowest BCUT2D eigenvalue weighted by Crippen LogP contribution is -2.32. The quantitative estimate of drug-likeness (QED) is 0.286. The average Bonchev–Trinajstić information content (AvgIpc) is 2.55. The zero-order chi connectivity index (χ0) is 17.9. The number of nitrogens with one attached hydrogen (secondary N) is 2. The van der Waals surface area contributed by atoms with E-state index < -0.39 is 0 Å². The van der Waals surface area contributed by atoms with Gasteiger partial charge in [-0.3, -0.25) is 4.79 Å². The molecule has 0 aliphatic rings. The van der Waals surface area contributed by atoms with E-state index in [-0.39, 0.29) is 12.5 Å². The lowest BCUT2D eigenvalue weighted by Gasteiger charge is -2.09. The summed E-state index contributed by atoms with van der Waals surface area (Å²) in [5.41, 5.74) is 0. The maximum atomic E-state index is 11.5. The van der Waals surface area contributed by atoms with Gasteiger partial charge in [-0.05, 0) is 12.8 Å². The fraction of sp³-hybridized carbons (Fsp3) is 0.941. The zero-order valence-corrected chi connectivity index (χ0v) is 16.0. The third-order valence-electron chi connectivity index (χ3n) is 3.15. The van der Waals surface area contributed by atoms with Crippen molar-refractivity contribution < 1.29 is 19.0 Å². The highest BCUT2D eigenvalue weighted by molar-refractivity contribution is 6.17. The lowest BCUT2D eigenvalue weighted by atomic mass is 10.2. The minimum atomic E-state index is -0.114. The van der Waals surface area contributed by atoms with Crippen molar-refractivity contribution in [3.63, 3.8) is 0 Å². The number of halogens is 1. The number of hydrogen-bond donors (Lipinski definition) is 2. The molecule has 0 atom stereocenters. The van der Waals surface area contributed by atoms with E-state index in [4.69, 9.17) is 25.8 Å². The normalized spacial score (nSPS) is 11.2. The second-order valence-electron chi connectivity index (χ2n) is 5.84. The van der Waals surface area contributed by atoms with Crippen LogP contribution < -0.4 is 10.6 Å². The fourth-order valence-electron chi connectivity index (χ4n) is 1.87. The summed E-state index contributed by atoms with van der Waals surface area (Å²) in [6, 6.07) is 0.430. The Morgan fingerprint density at radius 3 is 2.25 bits per heavy atom. The van der Waals surface area contributed by atoms with Crippen molar-refractivity contribution in [3.8, 4) is 0 Å². The second kappa shape index (κ2) is 18.9. The predicted molar refractivity (Wildman–Crippen MR) is 97.8 cm³/mol. The van der Waals surface area contributed by atoms with Gasteiger partial charge in [-0.15, -0.1) is 11.6 Å². The summed E-state index contributed by atoms with van der Waals surface area (Å²) in [4.78, 5) is 11.5. The Kier molecular flexibility index (Phi) is 18.6. The van der Waals surface area contributed by atoms with Crippen LogP contribution in [0.25, 0.3) is 0 Å². The van der Waals surface area contributed by atoms with Crippen LogP contribution in [0.5, 0.6) is 0 Å². The summed E-state index contributed by atoms with van der Waals surface area (Å²) in [7, 11) is 0. The zero-order valence-electron chi connectivity index (χ0n) is 15.3. The van der Waals surface area contributed by atoms with E-state index in [0.29, 0.717) is 39.0 Å². The van der Waals surface area contributed by atoms with Crippen LogP contribution in [0.2, 0.25) is 0 Å². The number of alkyl halides is 1. The Balaban J connectivity index is 3.14. The molecule has 24 heavy (non-hydrogen) atoms. The molecule has 0 rings (SSSR count). The highest BCUT2D eigenvalue weighted by atomic mass is 35.5. The number of amides is 1. The maximum absolute atomic E-state index is 11.5. The molecule has 7 heteroatoms. The standard InChI is InChI=1S/C17H35ClN2O4/c1-16(2)19-8-12-24-15-17(21)20-9-11-23-14-13-22-10-6-4-3-5-7-18/h16,19H,3-15H2,1-2H3,(H,20,21). The molecule has 0 aliphatic carbocycles. The van der Waals surface area contributed by atoms with Crippen LogP contribution in [-0.2, 0) is 19.0 Å². The van der Waals surface area contributed by atoms with Crippen LogP contribution in [0, 0.1) is 0 Å². The first-order valence-electron chi connectivity index (χ1n) is 8.96. The van der Waals surface area contributed by atoms with Crippen molar-refractivity contribution in [3.05, 3.63) is 0 Å². The van der Waals surface area contributed by atoms with Crippen LogP contribution >= 0.6 is 11.6 Å². The van der Waals surface area contributed by atoms with Crippen molar-refractivity contribution in [2.45, 2.75) is 45.6 Å². The summed E-state index contributed by atoms with van der Waals surface area (Å²) in [5, 5.41) is 5.97. The minimum absolute atomic E-state index is 0.0899. The molecule has 0 aliphatic heterocycles. The van der Waals surface area contributed by atoms with Gasteiger partial charge in [0.2, 0.25) is 5.91 Å². The molecule has 6 nitrogen and oxygen atoms in total. The van der Waals surface area contributed by atoms with Gasteiger partial charge in [-0.2, -0.15) is 0 Å². The Labute approximate surface area is 151 Å². The van der Waals surface area contributed by atoms with Crippen LogP contribution in [0.15, 0.2) is 0 Å². The Bertz CT molecular complexity index is 281. The predicted octanol–water partition coefficient (Wildman–Crippen LogP) is 1.95. The molecule has 0 aromatic rings. The third-order valence-corrected chi connectivity index (χ3v) is 3.41. The second-order valence-corrected chi connectivity index (χ2v) is 6.22. The molecule has 0 radical (unpaired) electrons. The molecule has 0 unspecified atom stereocenters. The summed E-state index contributed by atoms with van der Waals surface area (Å²) in [6.45, 7) is 8.40. The van der Waals surface area contributed by atoms with E-state index in [2.05, 4.69) is 24.5 Å². The molecule has 1 amide bonds. The Morgan fingerprint density at radius 2 is 1.54 bits per heavy atom. The number of carbonyl (C=O) groups is 1. The van der Waals surface area contributed by atoms with E-state index in [9.17, 15) is 4.79 Å². The molecule has 0 aromatic carbocycles. The molecule has 0 spiro atoms. The first-order chi connectivity index (χ1) is 11.7. The highest BCUT2D eigenvalue weighted by Crippen LogP contribution is 2.00. The number of rotatable bonds is 18. The average molecular weight is 367 g/mol. The van der Waals surface area contributed by atoms with Crippen LogP contribution in [0.3, 0.4) is 0 Å². The fourth-order valence-corrected chi connectivity index (χ4v) is 2.06. The number of unbranched alkanes of at least 4 members (excludes halogenated alkanes) is 3. The van der Waals surface area contributed by atoms with Gasteiger partial charge in [0.1, 0.15) is 6.61 Å². The van der Waals surface area contributed by atoms with Gasteiger partial charge in [0.15, 0.2) is 0 Å².